The van der Waals surface area contributed by atoms with Crippen LogP contribution in [0.15, 0.2) is 23.0 Å². The van der Waals surface area contributed by atoms with Crippen molar-refractivity contribution in [2.75, 3.05) is 0 Å². The fraction of sp³-hybridized carbons (Fsp3) is 0. The van der Waals surface area contributed by atoms with Gasteiger partial charge in [0.2, 0.25) is 0 Å². The van der Waals surface area contributed by atoms with Crippen LogP contribution in [0.1, 0.15) is 0 Å². The molecule has 0 aliphatic rings. The molecule has 0 aliphatic heterocycles. The molecule has 3 aromatic rings. The van der Waals surface area contributed by atoms with E-state index in [0.29, 0.717) is 21.0 Å². The van der Waals surface area contributed by atoms with Crippen LogP contribution < -0.4 is 4.87 Å². The van der Waals surface area contributed by atoms with Gasteiger partial charge < -0.3 is 0 Å². The molecule has 6 heteroatoms. The third kappa shape index (κ3) is 1.40. The normalized spacial score (nSPS) is 11.3. The van der Waals surface area contributed by atoms with Crippen LogP contribution in [-0.4, -0.2) is 15.0 Å². The number of thiazole rings is 1. The molecular weight excluding hydrogens is 234 g/mol. The first-order valence-electron chi connectivity index (χ1n) is 4.18. The van der Waals surface area contributed by atoms with Crippen LogP contribution >= 0.6 is 22.9 Å². The summed E-state index contributed by atoms with van der Waals surface area (Å²) >= 11 is 6.89. The van der Waals surface area contributed by atoms with Gasteiger partial charge in [0.05, 0.1) is 11.0 Å². The van der Waals surface area contributed by atoms with Gasteiger partial charge in [-0.2, -0.15) is 0 Å². The van der Waals surface area contributed by atoms with E-state index in [0.717, 1.165) is 16.9 Å². The Morgan fingerprint density at radius 3 is 3.00 bits per heavy atom. The van der Waals surface area contributed by atoms with Gasteiger partial charge in [-0.05, 0) is 18.2 Å². The van der Waals surface area contributed by atoms with E-state index >= 15 is 0 Å². The zero-order chi connectivity index (χ0) is 10.4. The lowest BCUT2D eigenvalue weighted by Crippen LogP contribution is -1.91. The summed E-state index contributed by atoms with van der Waals surface area (Å²) in [6, 6.07) is 5.25. The lowest BCUT2D eigenvalue weighted by Gasteiger charge is -1.96. The summed E-state index contributed by atoms with van der Waals surface area (Å²) in [4.78, 5) is 22.7. The highest BCUT2D eigenvalue weighted by Crippen LogP contribution is 2.19. The van der Waals surface area contributed by atoms with Gasteiger partial charge in [-0.25, -0.2) is 9.97 Å². The van der Waals surface area contributed by atoms with Crippen molar-refractivity contribution < 1.29 is 0 Å². The van der Waals surface area contributed by atoms with Gasteiger partial charge in [0.25, 0.3) is 0 Å². The van der Waals surface area contributed by atoms with Gasteiger partial charge in [-0.1, -0.05) is 22.9 Å². The van der Waals surface area contributed by atoms with Crippen molar-refractivity contribution in [3.8, 4) is 0 Å². The van der Waals surface area contributed by atoms with Gasteiger partial charge in [0.15, 0.2) is 10.5 Å². The van der Waals surface area contributed by atoms with Crippen molar-refractivity contribution in [1.29, 1.82) is 0 Å². The first kappa shape index (κ1) is 8.82. The highest BCUT2D eigenvalue weighted by molar-refractivity contribution is 7.15. The summed E-state index contributed by atoms with van der Waals surface area (Å²) in [7, 11) is 0. The van der Waals surface area contributed by atoms with Crippen LogP contribution in [0.4, 0.5) is 0 Å². The molecule has 1 N–H and O–H groups in total. The molecule has 2 heterocycles. The molecule has 0 spiro atoms. The molecule has 0 atom stereocenters. The topological polar surface area (TPSA) is 58.6 Å². The number of nitrogens with one attached hydrogen (secondary N) is 1. The molecule has 0 radical (unpaired) electrons. The summed E-state index contributed by atoms with van der Waals surface area (Å²) in [6.07, 6.45) is 0. The zero-order valence-electron chi connectivity index (χ0n) is 7.32. The first-order valence-corrected chi connectivity index (χ1v) is 5.38. The highest BCUT2D eigenvalue weighted by Gasteiger charge is 2.05. The molecule has 0 aliphatic carbocycles. The third-order valence-corrected chi connectivity index (χ3v) is 3.00. The Labute approximate surface area is 92.6 Å². The predicted octanol–water partition coefficient (Wildman–Crippen LogP) is 2.19. The number of fused-ring (bicyclic) bond motifs is 2. The lowest BCUT2D eigenvalue weighted by molar-refractivity contribution is 1.30. The van der Waals surface area contributed by atoms with Crippen LogP contribution in [0.25, 0.3) is 21.5 Å². The van der Waals surface area contributed by atoms with Gasteiger partial charge in [-0.15, -0.1) is 0 Å². The van der Waals surface area contributed by atoms with Crippen molar-refractivity contribution in [3.63, 3.8) is 0 Å². The van der Waals surface area contributed by atoms with Gasteiger partial charge >= 0.3 is 4.87 Å². The van der Waals surface area contributed by atoms with E-state index < -0.39 is 0 Å². The fourth-order valence-corrected chi connectivity index (χ4v) is 2.20. The van der Waals surface area contributed by atoms with E-state index in [1.54, 1.807) is 18.2 Å². The number of halogens is 1. The number of nitrogens with zero attached hydrogens (tertiary/aromatic N) is 2. The van der Waals surface area contributed by atoms with Crippen LogP contribution in [0.2, 0.25) is 5.02 Å². The number of rotatable bonds is 0. The largest absolute Gasteiger partial charge is 0.308 e. The highest BCUT2D eigenvalue weighted by atomic mass is 35.5. The smallest absolute Gasteiger partial charge is 0.296 e. The van der Waals surface area contributed by atoms with E-state index in [1.165, 1.54) is 0 Å². The molecule has 15 heavy (non-hydrogen) atoms. The second kappa shape index (κ2) is 3.01. The van der Waals surface area contributed by atoms with Crippen LogP contribution in [-0.2, 0) is 0 Å². The molecule has 2 aromatic heterocycles. The molecule has 4 nitrogen and oxygen atoms in total. The van der Waals surface area contributed by atoms with E-state index in [1.807, 2.05) is 0 Å². The molecule has 0 amide bonds. The Balaban J connectivity index is 2.51. The quantitative estimate of drug-likeness (QED) is 0.652. The maximum atomic E-state index is 11.1. The molecule has 3 rings (SSSR count). The second-order valence-corrected chi connectivity index (χ2v) is 4.42. The zero-order valence-corrected chi connectivity index (χ0v) is 8.89. The molecular formula is C9H4ClN3OS. The van der Waals surface area contributed by atoms with Gasteiger partial charge in [0.1, 0.15) is 0 Å². The second-order valence-electron chi connectivity index (χ2n) is 3.02. The molecule has 0 saturated carbocycles. The van der Waals surface area contributed by atoms with Crippen molar-refractivity contribution in [2.45, 2.75) is 0 Å². The number of hydrogen-bond acceptors (Lipinski definition) is 4. The molecule has 0 unspecified atom stereocenters. The minimum absolute atomic E-state index is 0.147. The standard InChI is InChI=1S/C9H4ClN3OS/c10-4-1-2-5-6(3-4)12-8-7(11-5)13-9(14)15-8/h1-3H,(H,11,13,14). The maximum Gasteiger partial charge on any atom is 0.308 e. The van der Waals surface area contributed by atoms with Gasteiger partial charge in [0, 0.05) is 5.02 Å². The average Bonchev–Trinajstić information content (AvgIpc) is 2.53. The number of benzene rings is 1. The Hall–Kier alpha value is -1.46. The number of H-pyrrole nitrogens is 1. The average molecular weight is 238 g/mol. The summed E-state index contributed by atoms with van der Waals surface area (Å²) in [5.41, 5.74) is 1.95. The molecule has 0 saturated heterocycles. The van der Waals surface area contributed by atoms with Crippen LogP contribution in [0.5, 0.6) is 0 Å². The lowest BCUT2D eigenvalue weighted by atomic mass is 10.3. The predicted molar refractivity (Wildman–Crippen MR) is 60.6 cm³/mol. The van der Waals surface area contributed by atoms with E-state index in [4.69, 9.17) is 11.6 Å². The number of aromatic nitrogens is 3. The van der Waals surface area contributed by atoms with Crippen LogP contribution in [0.3, 0.4) is 0 Å². The molecule has 74 valence electrons. The van der Waals surface area contributed by atoms with Crippen molar-refractivity contribution in [2.24, 2.45) is 0 Å². The molecule has 0 fully saturated rings. The Bertz CT molecular complexity index is 718. The van der Waals surface area contributed by atoms with E-state index in [9.17, 15) is 4.79 Å². The first-order chi connectivity index (χ1) is 7.22. The van der Waals surface area contributed by atoms with Crippen molar-refractivity contribution in [3.05, 3.63) is 32.9 Å². The Kier molecular flexibility index (Phi) is 1.77. The maximum absolute atomic E-state index is 11.1. The van der Waals surface area contributed by atoms with E-state index in [-0.39, 0.29) is 4.87 Å². The molecule has 0 bridgehead atoms. The number of aromatic amines is 1. The summed E-state index contributed by atoms with van der Waals surface area (Å²) in [5, 5.41) is 0.610. The summed E-state index contributed by atoms with van der Waals surface area (Å²) < 4.78 is 0. The van der Waals surface area contributed by atoms with E-state index in [2.05, 4.69) is 15.0 Å². The number of hydrogen-bond donors (Lipinski definition) is 1. The minimum atomic E-state index is -0.147. The van der Waals surface area contributed by atoms with Crippen molar-refractivity contribution in [1.82, 2.24) is 15.0 Å². The Morgan fingerprint density at radius 2 is 2.13 bits per heavy atom. The van der Waals surface area contributed by atoms with Gasteiger partial charge in [-0.3, -0.25) is 9.78 Å². The SMILES string of the molecule is O=c1[nH]c2nc3ccc(Cl)cc3nc2s1. The summed E-state index contributed by atoms with van der Waals surface area (Å²) in [6.45, 7) is 0. The Morgan fingerprint density at radius 1 is 1.27 bits per heavy atom. The third-order valence-electron chi connectivity index (χ3n) is 2.00. The monoisotopic (exact) mass is 237 g/mol. The minimum Gasteiger partial charge on any atom is -0.296 e. The summed E-state index contributed by atoms with van der Waals surface area (Å²) in [5.74, 6) is 0. The van der Waals surface area contributed by atoms with Crippen LogP contribution in [0, 0.1) is 0 Å². The fourth-order valence-electron chi connectivity index (χ4n) is 1.37. The van der Waals surface area contributed by atoms with Crippen molar-refractivity contribution >= 4 is 44.4 Å². The molecule has 1 aromatic carbocycles.